The van der Waals surface area contributed by atoms with Crippen molar-refractivity contribution in [2.45, 2.75) is 32.3 Å². The van der Waals surface area contributed by atoms with E-state index in [1.54, 1.807) is 0 Å². The second-order valence-electron chi connectivity index (χ2n) is 5.67. The normalized spacial score (nSPS) is 17.1. The average molecular weight is 262 g/mol. The lowest BCUT2D eigenvalue weighted by molar-refractivity contribution is -0.130. The summed E-state index contributed by atoms with van der Waals surface area (Å²) in [6.07, 6.45) is 0. The molecule has 0 atom stereocenters. The van der Waals surface area contributed by atoms with Crippen molar-refractivity contribution in [3.8, 4) is 0 Å². The minimum absolute atomic E-state index is 0.101. The molecule has 0 unspecified atom stereocenters. The molecule has 0 radical (unpaired) electrons. The number of anilines is 1. The van der Waals surface area contributed by atoms with Crippen LogP contribution in [0.25, 0.3) is 0 Å². The molecule has 4 nitrogen and oxygen atoms in total. The molecule has 1 aliphatic heterocycles. The van der Waals surface area contributed by atoms with Crippen LogP contribution in [0.4, 0.5) is 5.69 Å². The summed E-state index contributed by atoms with van der Waals surface area (Å²) >= 11 is 0. The molecule has 1 saturated heterocycles. The third kappa shape index (κ3) is 3.78. The summed E-state index contributed by atoms with van der Waals surface area (Å²) in [6, 6.07) is 7.94. The molecular weight excluding hydrogens is 240 g/mol. The fourth-order valence-corrected chi connectivity index (χ4v) is 1.97. The van der Waals surface area contributed by atoms with Crippen LogP contribution in [0.1, 0.15) is 32.3 Å². The molecule has 0 aliphatic carbocycles. The van der Waals surface area contributed by atoms with Crippen molar-refractivity contribution in [1.82, 2.24) is 5.32 Å². The average Bonchev–Trinajstić information content (AvgIpc) is 2.35. The lowest BCUT2D eigenvalue weighted by Gasteiger charge is -2.38. The number of ether oxygens (including phenoxy) is 1. The summed E-state index contributed by atoms with van der Waals surface area (Å²) < 4.78 is 5.59. The van der Waals surface area contributed by atoms with E-state index >= 15 is 0 Å². The fourth-order valence-electron chi connectivity index (χ4n) is 1.97. The molecule has 104 valence electrons. The van der Waals surface area contributed by atoms with Crippen molar-refractivity contribution in [3.63, 3.8) is 0 Å². The monoisotopic (exact) mass is 262 g/mol. The number of carbonyl (C=O) groups excluding carboxylic acids is 1. The zero-order valence-corrected chi connectivity index (χ0v) is 11.8. The molecular formula is C15H22N2O2. The largest absolute Gasteiger partial charge is 0.363 e. The van der Waals surface area contributed by atoms with E-state index in [2.05, 4.69) is 24.5 Å². The summed E-state index contributed by atoms with van der Waals surface area (Å²) in [7, 11) is 0. The first-order chi connectivity index (χ1) is 8.98. The molecule has 1 aliphatic rings. The maximum absolute atomic E-state index is 11.8. The van der Waals surface area contributed by atoms with Crippen molar-refractivity contribution in [3.05, 3.63) is 29.8 Å². The molecule has 2 N–H and O–H groups in total. The van der Waals surface area contributed by atoms with Crippen molar-refractivity contribution < 1.29 is 9.53 Å². The zero-order valence-electron chi connectivity index (χ0n) is 11.8. The van der Waals surface area contributed by atoms with E-state index in [1.807, 2.05) is 31.2 Å². The van der Waals surface area contributed by atoms with Crippen LogP contribution in [0.3, 0.4) is 0 Å². The maximum Gasteiger partial charge on any atom is 0.250 e. The minimum atomic E-state index is -0.182. The summed E-state index contributed by atoms with van der Waals surface area (Å²) in [5, 5.41) is 5.98. The van der Waals surface area contributed by atoms with Gasteiger partial charge in [-0.3, -0.25) is 4.79 Å². The highest BCUT2D eigenvalue weighted by Crippen LogP contribution is 2.18. The maximum atomic E-state index is 11.8. The molecule has 0 saturated carbocycles. The Labute approximate surface area is 114 Å². The molecule has 4 heteroatoms. The molecule has 1 aromatic carbocycles. The van der Waals surface area contributed by atoms with E-state index in [9.17, 15) is 4.79 Å². The standard InChI is InChI=1S/C15H22N2O2/c1-11(2)12-4-6-13(7-5-12)17-14(18)8-19-15(3)9-16-10-15/h4-7,11,16H,8-10H2,1-3H3,(H,17,18). The van der Waals surface area contributed by atoms with Gasteiger partial charge in [0, 0.05) is 18.8 Å². The van der Waals surface area contributed by atoms with Gasteiger partial charge in [0.1, 0.15) is 6.61 Å². The van der Waals surface area contributed by atoms with Gasteiger partial charge < -0.3 is 15.4 Å². The van der Waals surface area contributed by atoms with Crippen LogP contribution in [-0.4, -0.2) is 31.2 Å². The van der Waals surface area contributed by atoms with E-state index in [0.29, 0.717) is 5.92 Å². The Morgan fingerprint density at radius 3 is 2.47 bits per heavy atom. The number of benzene rings is 1. The van der Waals surface area contributed by atoms with Gasteiger partial charge in [0.05, 0.1) is 5.60 Å². The van der Waals surface area contributed by atoms with Gasteiger partial charge in [0.2, 0.25) is 5.91 Å². The molecule has 1 heterocycles. The lowest BCUT2D eigenvalue weighted by atomic mass is 10.0. The van der Waals surface area contributed by atoms with Gasteiger partial charge in [-0.1, -0.05) is 26.0 Å². The lowest BCUT2D eigenvalue weighted by Crippen LogP contribution is -2.59. The Kier molecular flexibility index (Phi) is 4.22. The van der Waals surface area contributed by atoms with Crippen LogP contribution < -0.4 is 10.6 Å². The third-order valence-corrected chi connectivity index (χ3v) is 3.41. The number of nitrogens with one attached hydrogen (secondary N) is 2. The van der Waals surface area contributed by atoms with Crippen molar-refractivity contribution in [2.75, 3.05) is 25.0 Å². The third-order valence-electron chi connectivity index (χ3n) is 3.41. The highest BCUT2D eigenvalue weighted by atomic mass is 16.5. The Morgan fingerprint density at radius 1 is 1.37 bits per heavy atom. The summed E-state index contributed by atoms with van der Waals surface area (Å²) in [6.45, 7) is 8.02. The van der Waals surface area contributed by atoms with E-state index < -0.39 is 0 Å². The smallest absolute Gasteiger partial charge is 0.250 e. The molecule has 19 heavy (non-hydrogen) atoms. The summed E-state index contributed by atoms with van der Waals surface area (Å²) in [5.74, 6) is 0.393. The van der Waals surface area contributed by atoms with Crippen molar-refractivity contribution in [2.24, 2.45) is 0 Å². The van der Waals surface area contributed by atoms with Crippen LogP contribution in [0.15, 0.2) is 24.3 Å². The van der Waals surface area contributed by atoms with E-state index in [4.69, 9.17) is 4.74 Å². The van der Waals surface area contributed by atoms with Gasteiger partial charge in [-0.15, -0.1) is 0 Å². The Balaban J connectivity index is 1.81. The second kappa shape index (κ2) is 5.72. The van der Waals surface area contributed by atoms with Crippen LogP contribution in [0, 0.1) is 0 Å². The summed E-state index contributed by atoms with van der Waals surface area (Å²) in [5.41, 5.74) is 1.90. The first-order valence-corrected chi connectivity index (χ1v) is 6.73. The van der Waals surface area contributed by atoms with Gasteiger partial charge in [0.25, 0.3) is 0 Å². The topological polar surface area (TPSA) is 50.4 Å². The van der Waals surface area contributed by atoms with Crippen LogP contribution >= 0.6 is 0 Å². The number of carbonyl (C=O) groups is 1. The van der Waals surface area contributed by atoms with Gasteiger partial charge >= 0.3 is 0 Å². The molecule has 0 bridgehead atoms. The highest BCUT2D eigenvalue weighted by molar-refractivity contribution is 5.91. The van der Waals surface area contributed by atoms with E-state index in [-0.39, 0.29) is 18.1 Å². The van der Waals surface area contributed by atoms with E-state index in [1.165, 1.54) is 5.56 Å². The predicted octanol–water partition coefficient (Wildman–Crippen LogP) is 2.13. The van der Waals surface area contributed by atoms with Gasteiger partial charge in [-0.2, -0.15) is 0 Å². The Morgan fingerprint density at radius 2 is 2.00 bits per heavy atom. The predicted molar refractivity (Wildman–Crippen MR) is 76.4 cm³/mol. The number of hydrogen-bond donors (Lipinski definition) is 2. The van der Waals surface area contributed by atoms with Gasteiger partial charge in [-0.05, 0) is 30.5 Å². The number of rotatable bonds is 5. The summed E-state index contributed by atoms with van der Waals surface area (Å²) in [4.78, 5) is 11.8. The van der Waals surface area contributed by atoms with Crippen LogP contribution in [-0.2, 0) is 9.53 Å². The van der Waals surface area contributed by atoms with Gasteiger partial charge in [-0.25, -0.2) is 0 Å². The Hall–Kier alpha value is -1.39. The highest BCUT2D eigenvalue weighted by Gasteiger charge is 2.32. The molecule has 1 fully saturated rings. The minimum Gasteiger partial charge on any atom is -0.363 e. The molecule has 1 amide bonds. The van der Waals surface area contributed by atoms with E-state index in [0.717, 1.165) is 18.8 Å². The molecule has 0 spiro atoms. The molecule has 1 aromatic rings. The SMILES string of the molecule is CC(C)c1ccc(NC(=O)COC2(C)CNC2)cc1. The second-order valence-corrected chi connectivity index (χ2v) is 5.67. The Bertz CT molecular complexity index is 436. The van der Waals surface area contributed by atoms with Crippen LogP contribution in [0.5, 0.6) is 0 Å². The molecule has 2 rings (SSSR count). The van der Waals surface area contributed by atoms with Crippen molar-refractivity contribution in [1.29, 1.82) is 0 Å². The van der Waals surface area contributed by atoms with Gasteiger partial charge in [0.15, 0.2) is 0 Å². The van der Waals surface area contributed by atoms with Crippen LogP contribution in [0.2, 0.25) is 0 Å². The number of amides is 1. The zero-order chi connectivity index (χ0) is 13.9. The first-order valence-electron chi connectivity index (χ1n) is 6.73. The fraction of sp³-hybridized carbons (Fsp3) is 0.533. The number of hydrogen-bond acceptors (Lipinski definition) is 3. The molecule has 0 aromatic heterocycles. The van der Waals surface area contributed by atoms with Crippen molar-refractivity contribution >= 4 is 11.6 Å². The first kappa shape index (κ1) is 14.0. The quantitative estimate of drug-likeness (QED) is 0.854.